The van der Waals surface area contributed by atoms with Crippen LogP contribution in [0.3, 0.4) is 0 Å². The van der Waals surface area contributed by atoms with Gasteiger partial charge in [-0.25, -0.2) is 0 Å². The summed E-state index contributed by atoms with van der Waals surface area (Å²) < 4.78 is 31.7. The van der Waals surface area contributed by atoms with E-state index in [0.29, 0.717) is 59.0 Å². The molecule has 10 heteroatoms. The largest absolute Gasteiger partial charge is 0.497 e. The van der Waals surface area contributed by atoms with Gasteiger partial charge < -0.3 is 29.0 Å². The van der Waals surface area contributed by atoms with E-state index in [1.54, 1.807) is 46.6 Å². The molecule has 0 bridgehead atoms. The number of ether oxygens (including phenoxy) is 5. The summed E-state index contributed by atoms with van der Waals surface area (Å²) in [7, 11) is 6.36. The second kappa shape index (κ2) is 12.8. The molecule has 1 aromatic heterocycles. The molecule has 0 aliphatic heterocycles. The molecule has 0 fully saturated rings. The lowest BCUT2D eigenvalue weighted by Gasteiger charge is -2.11. The maximum absolute atomic E-state index is 12.8. The number of benzene rings is 3. The van der Waals surface area contributed by atoms with E-state index in [0.717, 1.165) is 28.4 Å². The van der Waals surface area contributed by atoms with Gasteiger partial charge >= 0.3 is 0 Å². The van der Waals surface area contributed by atoms with Crippen molar-refractivity contribution < 1.29 is 28.5 Å². The predicted octanol–water partition coefficient (Wildman–Crippen LogP) is 4.93. The second-order valence-corrected chi connectivity index (χ2v) is 8.88. The number of methoxy groups -OCH3 is 4. The quantitative estimate of drug-likeness (QED) is 0.273. The Hall–Kier alpha value is -4.31. The van der Waals surface area contributed by atoms with Crippen LogP contribution in [0.1, 0.15) is 27.3 Å². The molecule has 0 atom stereocenters. The Bertz CT molecular complexity index is 1390. The third-order valence-electron chi connectivity index (χ3n) is 5.72. The lowest BCUT2D eigenvalue weighted by atomic mass is 10.1. The van der Waals surface area contributed by atoms with Crippen LogP contribution in [0.2, 0.25) is 0 Å². The van der Waals surface area contributed by atoms with E-state index in [2.05, 4.69) is 14.7 Å². The molecule has 0 aliphatic carbocycles. The second-order valence-electron chi connectivity index (χ2n) is 8.17. The van der Waals surface area contributed by atoms with E-state index >= 15 is 0 Å². The minimum absolute atomic E-state index is 0.228. The summed E-state index contributed by atoms with van der Waals surface area (Å²) in [4.78, 5) is 17.3. The SMILES string of the molecule is COc1cccc(Cc2nsc(Oc3cc(C(=O)NCCc4ccc(OC)c(OC)c4)ccc3OC)n2)c1. The summed E-state index contributed by atoms with van der Waals surface area (Å²) in [5.41, 5.74) is 2.48. The lowest BCUT2D eigenvalue weighted by Crippen LogP contribution is -2.25. The predicted molar refractivity (Wildman–Crippen MR) is 144 cm³/mol. The number of amides is 1. The number of hydrogen-bond donors (Lipinski definition) is 1. The van der Waals surface area contributed by atoms with Gasteiger partial charge in [-0.05, 0) is 60.0 Å². The Morgan fingerprint density at radius 2 is 1.58 bits per heavy atom. The fourth-order valence-electron chi connectivity index (χ4n) is 3.77. The fraction of sp³-hybridized carbons (Fsp3) is 0.250. The highest BCUT2D eigenvalue weighted by molar-refractivity contribution is 7.07. The van der Waals surface area contributed by atoms with Crippen LogP contribution < -0.4 is 29.0 Å². The molecule has 0 spiro atoms. The Morgan fingerprint density at radius 1 is 0.816 bits per heavy atom. The van der Waals surface area contributed by atoms with E-state index in [4.69, 9.17) is 23.7 Å². The monoisotopic (exact) mass is 535 g/mol. The number of aromatic nitrogens is 2. The highest BCUT2D eigenvalue weighted by Gasteiger charge is 2.15. The van der Waals surface area contributed by atoms with Gasteiger partial charge in [-0.1, -0.05) is 18.2 Å². The Morgan fingerprint density at radius 3 is 2.34 bits per heavy atom. The minimum atomic E-state index is -0.228. The number of nitrogens with one attached hydrogen (secondary N) is 1. The molecule has 4 aromatic rings. The van der Waals surface area contributed by atoms with Crippen LogP contribution in [0.25, 0.3) is 0 Å². The first-order valence-corrected chi connectivity index (χ1v) is 12.6. The molecule has 3 aromatic carbocycles. The van der Waals surface area contributed by atoms with Gasteiger partial charge in [-0.15, -0.1) is 0 Å². The fourth-order valence-corrected chi connectivity index (χ4v) is 4.33. The third kappa shape index (κ3) is 6.71. The van der Waals surface area contributed by atoms with Crippen molar-refractivity contribution in [3.05, 3.63) is 83.2 Å². The molecule has 1 heterocycles. The number of carbonyl (C=O) groups is 1. The molecule has 198 valence electrons. The van der Waals surface area contributed by atoms with E-state index in [9.17, 15) is 4.79 Å². The summed E-state index contributed by atoms with van der Waals surface area (Å²) in [6.07, 6.45) is 1.17. The minimum Gasteiger partial charge on any atom is -0.497 e. The molecule has 1 amide bonds. The van der Waals surface area contributed by atoms with E-state index in [-0.39, 0.29) is 5.91 Å². The zero-order valence-corrected chi connectivity index (χ0v) is 22.5. The van der Waals surface area contributed by atoms with Crippen molar-refractivity contribution in [3.8, 4) is 33.9 Å². The van der Waals surface area contributed by atoms with E-state index < -0.39 is 0 Å². The normalized spacial score (nSPS) is 10.5. The first-order valence-electron chi connectivity index (χ1n) is 11.8. The van der Waals surface area contributed by atoms with Gasteiger partial charge in [0.25, 0.3) is 11.1 Å². The molecule has 0 aliphatic rings. The first-order chi connectivity index (χ1) is 18.5. The van der Waals surface area contributed by atoms with Crippen LogP contribution in [0.5, 0.6) is 33.9 Å². The molecule has 1 N–H and O–H groups in total. The standard InChI is InChI=1S/C28H29N3O6S/c1-33-21-7-5-6-19(14-21)16-26-30-28(38-31-26)37-25-17-20(9-11-23(25)35-3)27(32)29-13-12-18-8-10-22(34-2)24(15-18)36-4/h5-11,14-15,17H,12-13,16H2,1-4H3,(H,29,32). The maximum atomic E-state index is 12.8. The number of hydrogen-bond acceptors (Lipinski definition) is 9. The van der Waals surface area contributed by atoms with Crippen molar-refractivity contribution in [1.82, 2.24) is 14.7 Å². The van der Waals surface area contributed by atoms with Crippen molar-refractivity contribution in [2.45, 2.75) is 12.8 Å². The first kappa shape index (κ1) is 26.7. The van der Waals surface area contributed by atoms with Crippen molar-refractivity contribution in [2.24, 2.45) is 0 Å². The molecule has 4 rings (SSSR count). The molecular weight excluding hydrogens is 506 g/mol. The molecule has 0 unspecified atom stereocenters. The number of nitrogens with zero attached hydrogens (tertiary/aromatic N) is 2. The van der Waals surface area contributed by atoms with Gasteiger partial charge in [0.1, 0.15) is 5.75 Å². The highest BCUT2D eigenvalue weighted by atomic mass is 32.1. The molecule has 9 nitrogen and oxygen atoms in total. The topological polar surface area (TPSA) is 101 Å². The van der Waals surface area contributed by atoms with Crippen molar-refractivity contribution >= 4 is 17.4 Å². The Labute approximate surface area is 225 Å². The average molecular weight is 536 g/mol. The molecule has 0 saturated carbocycles. The number of carbonyl (C=O) groups excluding carboxylic acids is 1. The smallest absolute Gasteiger partial charge is 0.298 e. The van der Waals surface area contributed by atoms with E-state index in [1.807, 2.05) is 42.5 Å². The van der Waals surface area contributed by atoms with E-state index in [1.165, 1.54) is 0 Å². The molecule has 0 radical (unpaired) electrons. The third-order valence-corrected chi connectivity index (χ3v) is 6.35. The zero-order valence-electron chi connectivity index (χ0n) is 21.6. The molecule has 0 saturated heterocycles. The van der Waals surface area contributed by atoms with Gasteiger partial charge in [0.2, 0.25) is 0 Å². The van der Waals surface area contributed by atoms with Crippen molar-refractivity contribution in [2.75, 3.05) is 35.0 Å². The van der Waals surface area contributed by atoms with Gasteiger partial charge in [-0.3, -0.25) is 4.79 Å². The van der Waals surface area contributed by atoms with Gasteiger partial charge in [-0.2, -0.15) is 9.36 Å². The van der Waals surface area contributed by atoms with Gasteiger partial charge in [0.05, 0.1) is 28.4 Å². The van der Waals surface area contributed by atoms with Crippen LogP contribution in [0.4, 0.5) is 0 Å². The van der Waals surface area contributed by atoms with Crippen molar-refractivity contribution in [1.29, 1.82) is 0 Å². The van der Waals surface area contributed by atoms with Gasteiger partial charge in [0, 0.05) is 30.1 Å². The molecule has 38 heavy (non-hydrogen) atoms. The lowest BCUT2D eigenvalue weighted by molar-refractivity contribution is 0.0953. The highest BCUT2D eigenvalue weighted by Crippen LogP contribution is 2.33. The summed E-state index contributed by atoms with van der Waals surface area (Å²) in [5.74, 6) is 3.35. The summed E-state index contributed by atoms with van der Waals surface area (Å²) in [6.45, 7) is 0.445. The van der Waals surface area contributed by atoms with Crippen LogP contribution in [-0.4, -0.2) is 50.2 Å². The average Bonchev–Trinajstić information content (AvgIpc) is 3.39. The van der Waals surface area contributed by atoms with Crippen molar-refractivity contribution in [3.63, 3.8) is 0 Å². The summed E-state index contributed by atoms with van der Waals surface area (Å²) in [6, 6.07) is 18.4. The van der Waals surface area contributed by atoms with Crippen LogP contribution in [0.15, 0.2) is 60.7 Å². The summed E-state index contributed by atoms with van der Waals surface area (Å²) in [5, 5.41) is 3.29. The number of rotatable bonds is 12. The zero-order chi connectivity index (χ0) is 26.9. The summed E-state index contributed by atoms with van der Waals surface area (Å²) >= 11 is 1.13. The van der Waals surface area contributed by atoms with Crippen LogP contribution in [-0.2, 0) is 12.8 Å². The van der Waals surface area contributed by atoms with Crippen LogP contribution >= 0.6 is 11.5 Å². The Balaban J connectivity index is 1.39. The van der Waals surface area contributed by atoms with Crippen LogP contribution in [0, 0.1) is 0 Å². The van der Waals surface area contributed by atoms with Gasteiger partial charge in [0.15, 0.2) is 28.8 Å². The molecular formula is C28H29N3O6S. The Kier molecular flexibility index (Phi) is 8.99. The maximum Gasteiger partial charge on any atom is 0.298 e.